The van der Waals surface area contributed by atoms with Crippen molar-refractivity contribution < 1.29 is 28.7 Å². The van der Waals surface area contributed by atoms with Crippen LogP contribution in [0, 0.1) is 10.1 Å². The van der Waals surface area contributed by atoms with Gasteiger partial charge in [0.1, 0.15) is 0 Å². The maximum absolute atomic E-state index is 12.8. The molecule has 1 aromatic rings. The molecule has 1 rings (SSSR count). The molecule has 0 saturated carbocycles. The Labute approximate surface area is 94.5 Å². The molecule has 0 fully saturated rings. The number of carbonyl (C=O) groups is 1. The van der Waals surface area contributed by atoms with Gasteiger partial charge in [-0.05, 0) is 6.07 Å². The maximum Gasteiger partial charge on any atom is 0.378 e. The van der Waals surface area contributed by atoms with Crippen molar-refractivity contribution in [2.24, 2.45) is 0 Å². The number of ether oxygens (including phenoxy) is 2. The molecule has 0 aromatic heterocycles. The molecule has 17 heavy (non-hydrogen) atoms. The zero-order valence-corrected chi connectivity index (χ0v) is 8.62. The van der Waals surface area contributed by atoms with Gasteiger partial charge in [0.2, 0.25) is 0 Å². The summed E-state index contributed by atoms with van der Waals surface area (Å²) in [6, 6.07) is 3.19. The van der Waals surface area contributed by atoms with E-state index in [0.717, 1.165) is 12.1 Å². The number of hydrogen-bond donors (Lipinski definition) is 1. The fourth-order valence-electron chi connectivity index (χ4n) is 1.03. The third-order valence-electron chi connectivity index (χ3n) is 1.78. The Balaban J connectivity index is 3.06. The molecule has 7 nitrogen and oxygen atoms in total. The molecule has 1 atom stereocenters. The van der Waals surface area contributed by atoms with E-state index in [4.69, 9.17) is 9.84 Å². The lowest BCUT2D eigenvalue weighted by Gasteiger charge is -2.10. The first kappa shape index (κ1) is 12.7. The summed E-state index contributed by atoms with van der Waals surface area (Å²) in [6.07, 6.45) is -2.62. The number of aliphatic carboxylic acids is 1. The Morgan fingerprint density at radius 1 is 1.53 bits per heavy atom. The van der Waals surface area contributed by atoms with Crippen LogP contribution >= 0.6 is 0 Å². The number of methoxy groups -OCH3 is 1. The predicted octanol–water partition coefficient (Wildman–Crippen LogP) is 1.36. The van der Waals surface area contributed by atoms with E-state index in [9.17, 15) is 19.3 Å². The number of halogens is 1. The van der Waals surface area contributed by atoms with Crippen LogP contribution in [0.5, 0.6) is 11.5 Å². The van der Waals surface area contributed by atoms with Crippen LogP contribution in [0.4, 0.5) is 10.1 Å². The van der Waals surface area contributed by atoms with Crippen molar-refractivity contribution in [3.05, 3.63) is 28.3 Å². The summed E-state index contributed by atoms with van der Waals surface area (Å²) < 4.78 is 22.0. The Bertz CT molecular complexity index is 449. The molecule has 0 bridgehead atoms. The van der Waals surface area contributed by atoms with Crippen molar-refractivity contribution >= 4 is 11.7 Å². The third-order valence-corrected chi connectivity index (χ3v) is 1.78. The van der Waals surface area contributed by atoms with E-state index < -0.39 is 17.3 Å². The molecule has 1 N–H and O–H groups in total. The molecule has 0 spiro atoms. The average Bonchev–Trinajstić information content (AvgIpc) is 2.28. The van der Waals surface area contributed by atoms with Crippen molar-refractivity contribution in [1.82, 2.24) is 0 Å². The van der Waals surface area contributed by atoms with Crippen LogP contribution in [0.3, 0.4) is 0 Å². The maximum atomic E-state index is 12.8. The lowest BCUT2D eigenvalue weighted by molar-refractivity contribution is -0.385. The minimum atomic E-state index is -2.62. The smallest absolute Gasteiger partial charge is 0.378 e. The van der Waals surface area contributed by atoms with Crippen molar-refractivity contribution in [3.8, 4) is 11.5 Å². The standard InChI is InChI=1S/C9H8FNO6/c1-16-6-3-2-5(11(14)15)4-7(6)17-8(10)9(12)13/h2-4,8H,1H3,(H,12,13). The zero-order chi connectivity index (χ0) is 13.0. The second-order valence-corrected chi connectivity index (χ2v) is 2.86. The van der Waals surface area contributed by atoms with Gasteiger partial charge in [-0.25, -0.2) is 4.79 Å². The minimum absolute atomic E-state index is 0.000463. The van der Waals surface area contributed by atoms with Crippen LogP contribution in [0.1, 0.15) is 0 Å². The molecule has 0 saturated heterocycles. The topological polar surface area (TPSA) is 98.9 Å². The first-order valence-corrected chi connectivity index (χ1v) is 4.31. The van der Waals surface area contributed by atoms with Crippen LogP contribution in [0.2, 0.25) is 0 Å². The quantitative estimate of drug-likeness (QED) is 0.621. The second kappa shape index (κ2) is 5.10. The molecule has 0 aliphatic carbocycles. The Morgan fingerprint density at radius 3 is 2.65 bits per heavy atom. The fourth-order valence-corrected chi connectivity index (χ4v) is 1.03. The van der Waals surface area contributed by atoms with Crippen molar-refractivity contribution in [2.45, 2.75) is 6.36 Å². The molecule has 0 radical (unpaired) electrons. The number of hydrogen-bond acceptors (Lipinski definition) is 5. The number of carboxylic acids is 1. The van der Waals surface area contributed by atoms with Crippen molar-refractivity contribution in [3.63, 3.8) is 0 Å². The number of non-ortho nitro benzene ring substituents is 1. The van der Waals surface area contributed by atoms with Gasteiger partial charge in [-0.15, -0.1) is 0 Å². The Kier molecular flexibility index (Phi) is 3.81. The largest absolute Gasteiger partial charge is 0.493 e. The minimum Gasteiger partial charge on any atom is -0.493 e. The van der Waals surface area contributed by atoms with E-state index in [2.05, 4.69) is 4.74 Å². The highest BCUT2D eigenvalue weighted by Gasteiger charge is 2.21. The predicted molar refractivity (Wildman–Crippen MR) is 52.8 cm³/mol. The summed E-state index contributed by atoms with van der Waals surface area (Å²) in [6.45, 7) is 0. The monoisotopic (exact) mass is 245 g/mol. The number of nitrogens with zero attached hydrogens (tertiary/aromatic N) is 1. The third kappa shape index (κ3) is 3.03. The van der Waals surface area contributed by atoms with Gasteiger partial charge in [0, 0.05) is 6.07 Å². The first-order valence-electron chi connectivity index (χ1n) is 4.31. The summed E-state index contributed by atoms with van der Waals surface area (Å²) in [4.78, 5) is 20.0. The highest BCUT2D eigenvalue weighted by atomic mass is 19.1. The first-order chi connectivity index (χ1) is 7.95. The molecule has 0 aliphatic heterocycles. The number of carboxylic acid groups (broad SMARTS) is 1. The van der Waals surface area contributed by atoms with Crippen LogP contribution < -0.4 is 9.47 Å². The molecule has 0 amide bonds. The van der Waals surface area contributed by atoms with E-state index >= 15 is 0 Å². The van der Waals surface area contributed by atoms with E-state index in [1.54, 1.807) is 0 Å². The van der Waals surface area contributed by atoms with Gasteiger partial charge in [0.25, 0.3) is 5.69 Å². The summed E-state index contributed by atoms with van der Waals surface area (Å²) in [5.74, 6) is -2.19. The van der Waals surface area contributed by atoms with Gasteiger partial charge in [0.05, 0.1) is 18.1 Å². The highest BCUT2D eigenvalue weighted by molar-refractivity contribution is 5.71. The van der Waals surface area contributed by atoms with Gasteiger partial charge in [-0.3, -0.25) is 10.1 Å². The lowest BCUT2D eigenvalue weighted by atomic mass is 10.3. The normalized spacial score (nSPS) is 11.6. The van der Waals surface area contributed by atoms with E-state index in [1.165, 1.54) is 13.2 Å². The van der Waals surface area contributed by atoms with Gasteiger partial charge in [0.15, 0.2) is 11.5 Å². The lowest BCUT2D eigenvalue weighted by Crippen LogP contribution is -2.21. The molecular weight excluding hydrogens is 237 g/mol. The number of rotatable bonds is 5. The summed E-state index contributed by atoms with van der Waals surface area (Å²) in [7, 11) is 1.24. The molecular formula is C9H8FNO6. The van der Waals surface area contributed by atoms with Crippen LogP contribution in [-0.4, -0.2) is 29.5 Å². The van der Waals surface area contributed by atoms with Crippen LogP contribution in [0.25, 0.3) is 0 Å². The van der Waals surface area contributed by atoms with E-state index in [1.807, 2.05) is 0 Å². The van der Waals surface area contributed by atoms with Crippen LogP contribution in [-0.2, 0) is 4.79 Å². The summed E-state index contributed by atoms with van der Waals surface area (Å²) in [5, 5.41) is 18.8. The van der Waals surface area contributed by atoms with E-state index in [-0.39, 0.29) is 17.2 Å². The van der Waals surface area contributed by atoms with Crippen LogP contribution in [0.15, 0.2) is 18.2 Å². The van der Waals surface area contributed by atoms with Gasteiger partial charge in [-0.1, -0.05) is 0 Å². The number of benzene rings is 1. The number of nitro groups is 1. The van der Waals surface area contributed by atoms with Gasteiger partial charge < -0.3 is 14.6 Å². The molecule has 0 heterocycles. The second-order valence-electron chi connectivity index (χ2n) is 2.86. The molecule has 8 heteroatoms. The Morgan fingerprint density at radius 2 is 2.18 bits per heavy atom. The summed E-state index contributed by atoms with van der Waals surface area (Å²) in [5.41, 5.74) is -0.363. The van der Waals surface area contributed by atoms with Crippen molar-refractivity contribution in [1.29, 1.82) is 0 Å². The highest BCUT2D eigenvalue weighted by Crippen LogP contribution is 2.31. The fraction of sp³-hybridized carbons (Fsp3) is 0.222. The molecule has 0 aliphatic rings. The number of alkyl halides is 1. The zero-order valence-electron chi connectivity index (χ0n) is 8.62. The Hall–Kier alpha value is -2.38. The molecule has 92 valence electrons. The van der Waals surface area contributed by atoms with Crippen molar-refractivity contribution in [2.75, 3.05) is 7.11 Å². The summed E-state index contributed by atoms with van der Waals surface area (Å²) >= 11 is 0. The van der Waals surface area contributed by atoms with E-state index in [0.29, 0.717) is 0 Å². The van der Waals surface area contributed by atoms with Gasteiger partial charge >= 0.3 is 12.3 Å². The van der Waals surface area contributed by atoms with Gasteiger partial charge in [-0.2, -0.15) is 4.39 Å². The average molecular weight is 245 g/mol. The molecule has 1 unspecified atom stereocenters. The SMILES string of the molecule is COc1ccc([N+](=O)[O-])cc1OC(F)C(=O)O. The number of nitro benzene ring substituents is 1. The molecule has 1 aromatic carbocycles.